The van der Waals surface area contributed by atoms with Crippen LogP contribution in [-0.2, 0) is 27.4 Å². The summed E-state index contributed by atoms with van der Waals surface area (Å²) < 4.78 is 16.8. The SMILES string of the molecule is CCC(=O)OCCOCn1cnc2c(=O)oc(CC)nc21. The molecule has 0 saturated carbocycles. The number of esters is 1. The second-order valence-electron chi connectivity index (χ2n) is 4.25. The number of imidazole rings is 1. The molecule has 8 heteroatoms. The van der Waals surface area contributed by atoms with Gasteiger partial charge >= 0.3 is 11.6 Å². The minimum absolute atomic E-state index is 0.166. The molecule has 0 spiro atoms. The van der Waals surface area contributed by atoms with Gasteiger partial charge in [-0.25, -0.2) is 9.78 Å². The average Bonchev–Trinajstić information content (AvgIpc) is 2.90. The molecule has 0 aliphatic heterocycles. The lowest BCUT2D eigenvalue weighted by Crippen LogP contribution is -2.12. The maximum absolute atomic E-state index is 11.7. The van der Waals surface area contributed by atoms with Crippen LogP contribution < -0.4 is 5.63 Å². The van der Waals surface area contributed by atoms with E-state index in [2.05, 4.69) is 9.97 Å². The quantitative estimate of drug-likeness (QED) is 0.552. The van der Waals surface area contributed by atoms with Gasteiger partial charge in [-0.2, -0.15) is 4.98 Å². The van der Waals surface area contributed by atoms with Gasteiger partial charge in [0.25, 0.3) is 0 Å². The van der Waals surface area contributed by atoms with Crippen molar-refractivity contribution in [3.63, 3.8) is 0 Å². The van der Waals surface area contributed by atoms with Crippen molar-refractivity contribution in [1.82, 2.24) is 14.5 Å². The summed E-state index contributed by atoms with van der Waals surface area (Å²) in [6, 6.07) is 0. The minimum atomic E-state index is -0.507. The Kier molecular flexibility index (Phi) is 5.04. The molecule has 8 nitrogen and oxygen atoms in total. The Morgan fingerprint density at radius 1 is 1.38 bits per heavy atom. The van der Waals surface area contributed by atoms with Gasteiger partial charge in [0, 0.05) is 12.8 Å². The lowest BCUT2D eigenvalue weighted by molar-refractivity contribution is -0.145. The molecule has 2 aromatic heterocycles. The highest BCUT2D eigenvalue weighted by Crippen LogP contribution is 2.07. The van der Waals surface area contributed by atoms with Crippen LogP contribution >= 0.6 is 0 Å². The molecule has 0 N–H and O–H groups in total. The van der Waals surface area contributed by atoms with E-state index >= 15 is 0 Å². The molecule has 0 saturated heterocycles. The smallest absolute Gasteiger partial charge is 0.367 e. The number of rotatable bonds is 7. The molecule has 2 heterocycles. The number of ether oxygens (including phenoxy) is 2. The molecule has 0 atom stereocenters. The van der Waals surface area contributed by atoms with Crippen molar-refractivity contribution in [3.8, 4) is 0 Å². The van der Waals surface area contributed by atoms with E-state index in [1.54, 1.807) is 11.5 Å². The first kappa shape index (κ1) is 15.2. The average molecular weight is 295 g/mol. The van der Waals surface area contributed by atoms with Crippen LogP contribution in [0.25, 0.3) is 11.2 Å². The van der Waals surface area contributed by atoms with Crippen molar-refractivity contribution in [2.45, 2.75) is 33.4 Å². The van der Waals surface area contributed by atoms with E-state index in [9.17, 15) is 9.59 Å². The van der Waals surface area contributed by atoms with E-state index in [4.69, 9.17) is 13.9 Å². The fourth-order valence-corrected chi connectivity index (χ4v) is 1.66. The number of nitrogens with zero attached hydrogens (tertiary/aromatic N) is 3. The molecule has 0 aromatic carbocycles. The molecule has 21 heavy (non-hydrogen) atoms. The zero-order valence-electron chi connectivity index (χ0n) is 12.0. The Balaban J connectivity index is 1.98. The fraction of sp³-hybridized carbons (Fsp3) is 0.538. The summed E-state index contributed by atoms with van der Waals surface area (Å²) in [5, 5.41) is 0. The molecular weight excluding hydrogens is 278 g/mol. The second kappa shape index (κ2) is 6.98. The Morgan fingerprint density at radius 2 is 2.19 bits per heavy atom. The standard InChI is InChI=1S/C13H17N3O5/c1-3-9-15-12-11(13(18)21-9)14-7-16(12)8-19-5-6-20-10(17)4-2/h7H,3-6,8H2,1-2H3. The van der Waals surface area contributed by atoms with Crippen molar-refractivity contribution in [2.75, 3.05) is 13.2 Å². The molecule has 0 aliphatic carbocycles. The summed E-state index contributed by atoms with van der Waals surface area (Å²) >= 11 is 0. The first-order valence-corrected chi connectivity index (χ1v) is 6.74. The summed E-state index contributed by atoms with van der Waals surface area (Å²) in [6.45, 7) is 4.18. The van der Waals surface area contributed by atoms with Crippen molar-refractivity contribution < 1.29 is 18.7 Å². The number of aryl methyl sites for hydroxylation is 1. The number of hydrogen-bond donors (Lipinski definition) is 0. The molecular formula is C13H17N3O5. The third kappa shape index (κ3) is 3.66. The highest BCUT2D eigenvalue weighted by Gasteiger charge is 2.11. The molecule has 0 bridgehead atoms. The lowest BCUT2D eigenvalue weighted by Gasteiger charge is -2.06. The lowest BCUT2D eigenvalue weighted by atomic mass is 10.4. The maximum atomic E-state index is 11.7. The zero-order valence-corrected chi connectivity index (χ0v) is 12.0. The van der Waals surface area contributed by atoms with Crippen molar-refractivity contribution in [3.05, 3.63) is 22.6 Å². The van der Waals surface area contributed by atoms with Crippen LogP contribution in [0.5, 0.6) is 0 Å². The topological polar surface area (TPSA) is 96.5 Å². The summed E-state index contributed by atoms with van der Waals surface area (Å²) in [7, 11) is 0. The third-order valence-electron chi connectivity index (χ3n) is 2.76. The van der Waals surface area contributed by atoms with Crippen LogP contribution in [0.15, 0.2) is 15.5 Å². The molecule has 0 radical (unpaired) electrons. The van der Waals surface area contributed by atoms with Crippen molar-refractivity contribution >= 4 is 17.1 Å². The number of carbonyl (C=O) groups is 1. The van der Waals surface area contributed by atoms with E-state index in [0.29, 0.717) is 24.4 Å². The number of aromatic nitrogens is 3. The Labute approximate surface area is 120 Å². The minimum Gasteiger partial charge on any atom is -0.463 e. The molecule has 0 aliphatic rings. The molecule has 114 valence electrons. The van der Waals surface area contributed by atoms with Gasteiger partial charge in [-0.1, -0.05) is 13.8 Å². The van der Waals surface area contributed by atoms with E-state index in [0.717, 1.165) is 0 Å². The van der Waals surface area contributed by atoms with Gasteiger partial charge in [0.1, 0.15) is 13.3 Å². The number of hydrogen-bond acceptors (Lipinski definition) is 7. The summed E-state index contributed by atoms with van der Waals surface area (Å²) in [4.78, 5) is 30.8. The molecule has 2 rings (SSSR count). The van der Waals surface area contributed by atoms with Gasteiger partial charge in [-0.05, 0) is 0 Å². The highest BCUT2D eigenvalue weighted by atomic mass is 16.6. The number of carbonyl (C=O) groups excluding carboxylic acids is 1. The fourth-order valence-electron chi connectivity index (χ4n) is 1.66. The van der Waals surface area contributed by atoms with E-state index in [1.807, 2.05) is 6.92 Å². The van der Waals surface area contributed by atoms with Crippen LogP contribution in [0.4, 0.5) is 0 Å². The van der Waals surface area contributed by atoms with E-state index in [1.165, 1.54) is 6.33 Å². The van der Waals surface area contributed by atoms with Gasteiger partial charge in [-0.15, -0.1) is 0 Å². The number of fused-ring (bicyclic) bond motifs is 1. The predicted molar refractivity (Wildman–Crippen MR) is 72.6 cm³/mol. The molecule has 2 aromatic rings. The van der Waals surface area contributed by atoms with Gasteiger partial charge in [-0.3, -0.25) is 9.36 Å². The first-order chi connectivity index (χ1) is 10.2. The Bertz CT molecular complexity index is 676. The van der Waals surface area contributed by atoms with Crippen LogP contribution in [0.1, 0.15) is 26.2 Å². The molecule has 0 fully saturated rings. The van der Waals surface area contributed by atoms with Crippen LogP contribution in [0.3, 0.4) is 0 Å². The monoisotopic (exact) mass is 295 g/mol. The predicted octanol–water partition coefficient (Wildman–Crippen LogP) is 0.874. The molecule has 0 amide bonds. The van der Waals surface area contributed by atoms with Crippen molar-refractivity contribution in [2.24, 2.45) is 0 Å². The first-order valence-electron chi connectivity index (χ1n) is 6.74. The maximum Gasteiger partial charge on any atom is 0.367 e. The van der Waals surface area contributed by atoms with Crippen molar-refractivity contribution in [1.29, 1.82) is 0 Å². The second-order valence-corrected chi connectivity index (χ2v) is 4.25. The van der Waals surface area contributed by atoms with E-state index in [-0.39, 0.29) is 31.4 Å². The van der Waals surface area contributed by atoms with E-state index < -0.39 is 5.63 Å². The van der Waals surface area contributed by atoms with Crippen LogP contribution in [0.2, 0.25) is 0 Å². The highest BCUT2D eigenvalue weighted by molar-refractivity contribution is 5.69. The normalized spacial score (nSPS) is 11.0. The molecule has 0 unspecified atom stereocenters. The zero-order chi connectivity index (χ0) is 15.2. The third-order valence-corrected chi connectivity index (χ3v) is 2.76. The Morgan fingerprint density at radius 3 is 2.90 bits per heavy atom. The van der Waals surface area contributed by atoms with Gasteiger partial charge in [0.05, 0.1) is 12.9 Å². The summed E-state index contributed by atoms with van der Waals surface area (Å²) in [5.41, 5.74) is 0.0920. The van der Waals surface area contributed by atoms with Gasteiger partial charge in [0.2, 0.25) is 0 Å². The summed E-state index contributed by atoms with van der Waals surface area (Å²) in [6.07, 6.45) is 2.32. The van der Waals surface area contributed by atoms with Gasteiger partial charge < -0.3 is 13.9 Å². The van der Waals surface area contributed by atoms with Crippen LogP contribution in [-0.4, -0.2) is 33.7 Å². The van der Waals surface area contributed by atoms with Gasteiger partial charge in [0.15, 0.2) is 17.1 Å². The summed E-state index contributed by atoms with van der Waals surface area (Å²) in [5.74, 6) is 0.0877. The van der Waals surface area contributed by atoms with Crippen LogP contribution in [0, 0.1) is 0 Å². The largest absolute Gasteiger partial charge is 0.463 e. The Hall–Kier alpha value is -2.22.